The lowest BCUT2D eigenvalue weighted by Gasteiger charge is -2.37. The minimum atomic E-state index is -4.27. The molecule has 0 bridgehead atoms. The molecule has 1 fully saturated rings. The Morgan fingerprint density at radius 1 is 0.782 bits per heavy atom. The Balaban J connectivity index is 1.21. The van der Waals surface area contributed by atoms with Gasteiger partial charge in [0.1, 0.15) is 18.4 Å². The van der Waals surface area contributed by atoms with Crippen LogP contribution in [0, 0.1) is 5.41 Å². The summed E-state index contributed by atoms with van der Waals surface area (Å²) >= 11 is 5.50. The number of carboxylic acid groups (broad SMARTS) is 5. The van der Waals surface area contributed by atoms with E-state index in [9.17, 15) is 67.5 Å². The summed E-state index contributed by atoms with van der Waals surface area (Å²) in [6, 6.07) is 10.9. The Labute approximate surface area is 457 Å². The van der Waals surface area contributed by atoms with Gasteiger partial charge < -0.3 is 66.9 Å². The first-order chi connectivity index (χ1) is 36.9. The van der Waals surface area contributed by atoms with Gasteiger partial charge in [0, 0.05) is 101 Å². The van der Waals surface area contributed by atoms with Gasteiger partial charge in [0.25, 0.3) is 5.91 Å². The van der Waals surface area contributed by atoms with Crippen molar-refractivity contribution in [3.05, 3.63) is 59.7 Å². The van der Waals surface area contributed by atoms with Crippen molar-refractivity contribution in [2.24, 2.45) is 10.4 Å². The number of amides is 2. The third-order valence-corrected chi connectivity index (χ3v) is 13.6. The van der Waals surface area contributed by atoms with Crippen molar-refractivity contribution in [3.63, 3.8) is 0 Å². The molecule has 0 spiro atoms. The molecular formula is C48H72N12O16S2. The Bertz CT molecular complexity index is 2490. The van der Waals surface area contributed by atoms with Gasteiger partial charge in [-0.1, -0.05) is 26.0 Å². The molecule has 2 atom stereocenters. The number of benzene rings is 2. The minimum absolute atomic E-state index is 0.108. The van der Waals surface area contributed by atoms with E-state index < -0.39 is 94.8 Å². The van der Waals surface area contributed by atoms with E-state index in [2.05, 4.69) is 36.9 Å². The summed E-state index contributed by atoms with van der Waals surface area (Å²) in [7, 11) is -4.27. The second kappa shape index (κ2) is 32.1. The van der Waals surface area contributed by atoms with Crippen LogP contribution in [-0.4, -0.2) is 249 Å². The van der Waals surface area contributed by atoms with Crippen LogP contribution in [0.4, 0.5) is 10.5 Å². The first kappa shape index (κ1) is 63.6. The highest BCUT2D eigenvalue weighted by molar-refractivity contribution is 7.89. The lowest BCUT2D eigenvalue weighted by atomic mass is 9.95. The summed E-state index contributed by atoms with van der Waals surface area (Å²) in [5.41, 5.74) is 0.841. The number of alkyl carbamates (subject to hydrolysis) is 1. The lowest BCUT2D eigenvalue weighted by Crippen LogP contribution is -2.53. The van der Waals surface area contributed by atoms with Gasteiger partial charge in [0.05, 0.1) is 45.1 Å². The fraction of sp³-hybridized carbons (Fsp3) is 0.562. The highest BCUT2D eigenvalue weighted by Crippen LogP contribution is 2.18. The number of anilines is 1. The molecule has 0 radical (unpaired) electrons. The first-order valence-corrected chi connectivity index (χ1v) is 27.1. The average molecular weight is 1140 g/mol. The summed E-state index contributed by atoms with van der Waals surface area (Å²) in [4.78, 5) is 95.5. The van der Waals surface area contributed by atoms with Gasteiger partial charge in [-0.05, 0) is 67.0 Å². The van der Waals surface area contributed by atoms with Gasteiger partial charge in [-0.2, -0.15) is 4.72 Å². The van der Waals surface area contributed by atoms with Crippen LogP contribution in [0.2, 0.25) is 0 Å². The molecule has 2 amide bonds. The lowest BCUT2D eigenvalue weighted by molar-refractivity contribution is -0.142. The summed E-state index contributed by atoms with van der Waals surface area (Å²) in [5.74, 6) is -6.12. The maximum atomic E-state index is 12.8. The van der Waals surface area contributed by atoms with Crippen LogP contribution in [0.1, 0.15) is 36.2 Å². The van der Waals surface area contributed by atoms with Crippen molar-refractivity contribution >= 4 is 80.8 Å². The number of carboxylic acids is 5. The molecule has 432 valence electrons. The maximum Gasteiger partial charge on any atom is 0.407 e. The second-order valence-corrected chi connectivity index (χ2v) is 21.5. The summed E-state index contributed by atoms with van der Waals surface area (Å²) < 4.78 is 38.6. The van der Waals surface area contributed by atoms with Crippen LogP contribution in [0.3, 0.4) is 0 Å². The Kier molecular flexibility index (Phi) is 26.1. The zero-order chi connectivity index (χ0) is 57.3. The van der Waals surface area contributed by atoms with E-state index in [1.54, 1.807) is 69.8 Å². The molecule has 0 aromatic heterocycles. The molecule has 1 saturated heterocycles. The number of guanidine groups is 1. The summed E-state index contributed by atoms with van der Waals surface area (Å²) in [5, 5.41) is 65.8. The van der Waals surface area contributed by atoms with Gasteiger partial charge in [0.15, 0.2) is 11.1 Å². The van der Waals surface area contributed by atoms with Gasteiger partial charge in [-0.3, -0.25) is 53.4 Å². The van der Waals surface area contributed by atoms with Crippen molar-refractivity contribution < 1.29 is 77.0 Å². The molecule has 2 aliphatic rings. The molecule has 12 N–H and O–H groups in total. The molecule has 4 rings (SSSR count). The number of nitrogens with one attached hydrogen (secondary N) is 7. The quantitative estimate of drug-likeness (QED) is 0.0334. The number of aliphatic carboxylic acids is 5. The SMILES string of the molecule is CC(C)(CNC(=S)Nc1ccc(CC2CN(CC(=O)O)CCN(CC(=O)O)CCN(CC(=O)O)CCN2CC(=O)O)cc1)COC(=O)NCCS(=O)(=O)N[C@@H](CNC(=O)c1ccc(OCCNC2=NCCCN2)cc1)C(=O)O. The number of carbonyl (C=O) groups is 7. The predicted molar refractivity (Wildman–Crippen MR) is 288 cm³/mol. The third-order valence-electron chi connectivity index (χ3n) is 12.0. The second-order valence-electron chi connectivity index (χ2n) is 19.2. The standard InChI is InChI=1S/C48H72N12O16S2/c1-48(2,32-76-47(72)52-15-23-78(73,74)56-38(44(70)71)25-53-43(69)34-6-10-37(11-7-34)75-22-14-51-45-49-12-3-13-50-45)31-54-46(77)55-35-8-4-33(5-9-35)24-36-26-59(29-41(65)66)19-18-57(27-39(61)62)16-17-58(28-40(63)64)20-21-60(36)30-42(67)68/h4-11,36,38,56H,3,12-32H2,1-2H3,(H,52,72)(H,53,69)(H,61,62)(H,63,64)(H,65,66)(H,67,68)(H,70,71)(H2,49,50,51)(H2,54,55,77)/t36?,38-/m0/s1. The fourth-order valence-electron chi connectivity index (χ4n) is 7.94. The largest absolute Gasteiger partial charge is 0.492 e. The van der Waals surface area contributed by atoms with Crippen LogP contribution in [0.5, 0.6) is 5.75 Å². The average Bonchev–Trinajstić information content (AvgIpc) is 3.37. The molecule has 2 aromatic rings. The van der Waals surface area contributed by atoms with Crippen molar-refractivity contribution in [1.29, 1.82) is 0 Å². The van der Waals surface area contributed by atoms with E-state index in [-0.39, 0.29) is 95.7 Å². The van der Waals surface area contributed by atoms with Gasteiger partial charge in [-0.25, -0.2) is 13.2 Å². The van der Waals surface area contributed by atoms with E-state index in [1.807, 2.05) is 4.72 Å². The maximum absolute atomic E-state index is 12.8. The molecule has 0 saturated carbocycles. The highest BCUT2D eigenvalue weighted by atomic mass is 32.2. The van der Waals surface area contributed by atoms with Crippen LogP contribution in [0.15, 0.2) is 53.5 Å². The van der Waals surface area contributed by atoms with Crippen molar-refractivity contribution in [3.8, 4) is 5.75 Å². The zero-order valence-corrected chi connectivity index (χ0v) is 45.2. The minimum Gasteiger partial charge on any atom is -0.492 e. The molecular weight excluding hydrogens is 1060 g/mol. The van der Waals surface area contributed by atoms with Gasteiger partial charge in [0.2, 0.25) is 10.0 Å². The van der Waals surface area contributed by atoms with Crippen molar-refractivity contribution in [1.82, 2.24) is 50.9 Å². The zero-order valence-electron chi connectivity index (χ0n) is 43.6. The number of aliphatic imine (C=N–C) groups is 1. The Morgan fingerprint density at radius 2 is 1.38 bits per heavy atom. The number of nitrogens with zero attached hydrogens (tertiary/aromatic N) is 5. The number of sulfonamides is 1. The number of thiocarbonyl (C=S) groups is 1. The van der Waals surface area contributed by atoms with Gasteiger partial charge in [-0.15, -0.1) is 0 Å². The van der Waals surface area contributed by atoms with E-state index in [4.69, 9.17) is 21.7 Å². The van der Waals surface area contributed by atoms with Crippen LogP contribution in [-0.2, 0) is 45.2 Å². The molecule has 1 unspecified atom stereocenters. The molecule has 2 aliphatic heterocycles. The first-order valence-electron chi connectivity index (χ1n) is 25.0. The smallest absolute Gasteiger partial charge is 0.407 e. The number of carbonyl (C=O) groups excluding carboxylic acids is 2. The van der Waals surface area contributed by atoms with E-state index in [0.717, 1.165) is 25.1 Å². The van der Waals surface area contributed by atoms with Gasteiger partial charge >= 0.3 is 35.9 Å². The fourth-order valence-corrected chi connectivity index (χ4v) is 9.24. The van der Waals surface area contributed by atoms with Crippen LogP contribution >= 0.6 is 12.2 Å². The number of ether oxygens (including phenoxy) is 2. The van der Waals surface area contributed by atoms with Crippen molar-refractivity contribution in [2.75, 3.05) is 136 Å². The van der Waals surface area contributed by atoms with Crippen LogP contribution < -0.4 is 41.4 Å². The molecule has 2 heterocycles. The number of hydrogen-bond donors (Lipinski definition) is 12. The molecule has 2 aromatic carbocycles. The summed E-state index contributed by atoms with van der Waals surface area (Å²) in [6.07, 6.45) is 0.313. The van der Waals surface area contributed by atoms with E-state index in [1.165, 1.54) is 12.1 Å². The Hall–Kier alpha value is -6.96. The normalized spacial score (nSPS) is 16.8. The van der Waals surface area contributed by atoms with E-state index in [0.29, 0.717) is 30.5 Å². The molecule has 30 heteroatoms. The number of hydrogen-bond acceptors (Lipinski definition) is 19. The number of rotatable bonds is 28. The monoisotopic (exact) mass is 1140 g/mol. The topological polar surface area (TPSA) is 383 Å². The highest BCUT2D eigenvalue weighted by Gasteiger charge is 2.29. The predicted octanol–water partition coefficient (Wildman–Crippen LogP) is -1.68. The third kappa shape index (κ3) is 25.5. The van der Waals surface area contributed by atoms with Crippen molar-refractivity contribution in [2.45, 2.75) is 38.8 Å². The van der Waals surface area contributed by atoms with E-state index >= 15 is 0 Å². The molecule has 28 nitrogen and oxygen atoms in total. The van der Waals surface area contributed by atoms with Crippen LogP contribution in [0.25, 0.3) is 0 Å². The molecule has 78 heavy (non-hydrogen) atoms. The molecule has 0 aliphatic carbocycles. The summed E-state index contributed by atoms with van der Waals surface area (Å²) in [6.45, 7) is 4.69. The Morgan fingerprint density at radius 3 is 1.97 bits per heavy atom.